The molecule has 0 saturated carbocycles. The first-order valence-electron chi connectivity index (χ1n) is 6.32. The van der Waals surface area contributed by atoms with Crippen molar-refractivity contribution in [2.45, 2.75) is 18.2 Å². The second-order valence-corrected chi connectivity index (χ2v) is 6.81. The van der Waals surface area contributed by atoms with Crippen LogP contribution in [-0.2, 0) is 10.0 Å². The number of nitro benzene ring substituents is 1. The molecule has 1 saturated heterocycles. The average molecular weight is 299 g/mol. The maximum atomic E-state index is 12.6. The number of aryl methyl sites for hydroxylation is 1. The molecule has 8 heteroatoms. The normalized spacial score (nSPS) is 20.2. The minimum absolute atomic E-state index is 0.118. The Hall–Kier alpha value is -1.51. The highest BCUT2D eigenvalue weighted by Gasteiger charge is 2.37. The van der Waals surface area contributed by atoms with Gasteiger partial charge in [0.25, 0.3) is 5.69 Å². The fourth-order valence-corrected chi connectivity index (χ4v) is 4.35. The number of hydrogen-bond donors (Lipinski definition) is 1. The van der Waals surface area contributed by atoms with E-state index in [2.05, 4.69) is 0 Å². The lowest BCUT2D eigenvalue weighted by Crippen LogP contribution is -2.31. The Morgan fingerprint density at radius 3 is 2.75 bits per heavy atom. The van der Waals surface area contributed by atoms with E-state index in [1.54, 1.807) is 13.0 Å². The lowest BCUT2D eigenvalue weighted by atomic mass is 10.1. The SMILES string of the molecule is Cc1cccc([N+](=O)[O-])c1S(=O)(=O)N1CCC(CN)C1. The predicted molar refractivity (Wildman–Crippen MR) is 73.8 cm³/mol. The molecule has 1 aromatic carbocycles. The molecule has 0 aliphatic carbocycles. The molecular weight excluding hydrogens is 282 g/mol. The third-order valence-electron chi connectivity index (χ3n) is 3.57. The third kappa shape index (κ3) is 2.54. The zero-order valence-electron chi connectivity index (χ0n) is 11.2. The van der Waals surface area contributed by atoms with Crippen LogP contribution in [-0.4, -0.2) is 37.3 Å². The quantitative estimate of drug-likeness (QED) is 0.656. The minimum atomic E-state index is -3.85. The molecule has 1 aliphatic rings. The molecule has 20 heavy (non-hydrogen) atoms. The van der Waals surface area contributed by atoms with Crippen molar-refractivity contribution in [1.29, 1.82) is 0 Å². The maximum absolute atomic E-state index is 12.6. The molecule has 110 valence electrons. The second kappa shape index (κ2) is 5.47. The van der Waals surface area contributed by atoms with Crippen molar-refractivity contribution in [3.63, 3.8) is 0 Å². The summed E-state index contributed by atoms with van der Waals surface area (Å²) < 4.78 is 26.5. The van der Waals surface area contributed by atoms with Gasteiger partial charge in [0.2, 0.25) is 10.0 Å². The van der Waals surface area contributed by atoms with Gasteiger partial charge in [-0.1, -0.05) is 12.1 Å². The number of nitrogens with zero attached hydrogens (tertiary/aromatic N) is 2. The Labute approximate surface area is 117 Å². The Morgan fingerprint density at radius 2 is 2.20 bits per heavy atom. The maximum Gasteiger partial charge on any atom is 0.289 e. The summed E-state index contributed by atoms with van der Waals surface area (Å²) in [6, 6.07) is 4.27. The van der Waals surface area contributed by atoms with E-state index in [0.717, 1.165) is 0 Å². The molecule has 0 amide bonds. The Bertz CT molecular complexity index is 630. The molecule has 1 fully saturated rings. The number of benzene rings is 1. The minimum Gasteiger partial charge on any atom is -0.330 e. The van der Waals surface area contributed by atoms with Gasteiger partial charge in [0.1, 0.15) is 0 Å². The fourth-order valence-electron chi connectivity index (χ4n) is 2.45. The second-order valence-electron chi connectivity index (χ2n) is 4.93. The highest BCUT2D eigenvalue weighted by atomic mass is 32.2. The Balaban J connectivity index is 2.48. The van der Waals surface area contributed by atoms with Gasteiger partial charge in [-0.15, -0.1) is 0 Å². The average Bonchev–Trinajstić information content (AvgIpc) is 2.87. The van der Waals surface area contributed by atoms with Crippen molar-refractivity contribution in [3.05, 3.63) is 33.9 Å². The summed E-state index contributed by atoms with van der Waals surface area (Å²) in [5, 5.41) is 11.1. The molecule has 0 aromatic heterocycles. The molecule has 0 bridgehead atoms. The van der Waals surface area contributed by atoms with E-state index in [-0.39, 0.29) is 16.5 Å². The molecule has 1 atom stereocenters. The molecule has 1 aliphatic heterocycles. The van der Waals surface area contributed by atoms with E-state index in [0.29, 0.717) is 31.6 Å². The van der Waals surface area contributed by atoms with Crippen LogP contribution in [0.2, 0.25) is 0 Å². The lowest BCUT2D eigenvalue weighted by Gasteiger charge is -2.17. The summed E-state index contributed by atoms with van der Waals surface area (Å²) in [5.41, 5.74) is 5.57. The van der Waals surface area contributed by atoms with Crippen LogP contribution in [0.5, 0.6) is 0 Å². The number of sulfonamides is 1. The molecule has 1 aromatic rings. The first-order chi connectivity index (χ1) is 9.37. The Kier molecular flexibility index (Phi) is 4.07. The van der Waals surface area contributed by atoms with Gasteiger partial charge < -0.3 is 5.73 Å². The van der Waals surface area contributed by atoms with Crippen molar-refractivity contribution < 1.29 is 13.3 Å². The summed E-state index contributed by atoms with van der Waals surface area (Å²) in [5.74, 6) is 0.118. The van der Waals surface area contributed by atoms with Gasteiger partial charge in [-0.05, 0) is 31.4 Å². The molecule has 2 rings (SSSR count). The smallest absolute Gasteiger partial charge is 0.289 e. The van der Waals surface area contributed by atoms with Gasteiger partial charge in [0.15, 0.2) is 4.90 Å². The van der Waals surface area contributed by atoms with E-state index >= 15 is 0 Å². The molecular formula is C12H17N3O4S. The largest absolute Gasteiger partial charge is 0.330 e. The van der Waals surface area contributed by atoms with Gasteiger partial charge in [0, 0.05) is 19.2 Å². The van der Waals surface area contributed by atoms with Gasteiger partial charge in [0.05, 0.1) is 4.92 Å². The van der Waals surface area contributed by atoms with E-state index in [1.165, 1.54) is 16.4 Å². The zero-order chi connectivity index (χ0) is 14.9. The molecule has 1 heterocycles. The number of nitrogens with two attached hydrogens (primary N) is 1. The van der Waals surface area contributed by atoms with Gasteiger partial charge >= 0.3 is 0 Å². The molecule has 0 spiro atoms. The fraction of sp³-hybridized carbons (Fsp3) is 0.500. The van der Waals surface area contributed by atoms with E-state index in [4.69, 9.17) is 5.73 Å². The topological polar surface area (TPSA) is 107 Å². The van der Waals surface area contributed by atoms with Crippen LogP contribution in [0.3, 0.4) is 0 Å². The number of nitro groups is 1. The van der Waals surface area contributed by atoms with E-state index < -0.39 is 14.9 Å². The van der Waals surface area contributed by atoms with Crippen molar-refractivity contribution in [2.24, 2.45) is 11.7 Å². The van der Waals surface area contributed by atoms with Gasteiger partial charge in [-0.2, -0.15) is 4.31 Å². The van der Waals surface area contributed by atoms with Gasteiger partial charge in [-0.25, -0.2) is 8.42 Å². The first-order valence-corrected chi connectivity index (χ1v) is 7.76. The molecule has 0 radical (unpaired) electrons. The highest BCUT2D eigenvalue weighted by Crippen LogP contribution is 2.32. The number of rotatable bonds is 4. The van der Waals surface area contributed by atoms with Crippen LogP contribution in [0, 0.1) is 23.0 Å². The van der Waals surface area contributed by atoms with Crippen LogP contribution in [0.15, 0.2) is 23.1 Å². The third-order valence-corrected chi connectivity index (χ3v) is 5.63. The van der Waals surface area contributed by atoms with Crippen LogP contribution in [0.25, 0.3) is 0 Å². The lowest BCUT2D eigenvalue weighted by molar-refractivity contribution is -0.387. The van der Waals surface area contributed by atoms with Crippen LogP contribution >= 0.6 is 0 Å². The molecule has 7 nitrogen and oxygen atoms in total. The summed E-state index contributed by atoms with van der Waals surface area (Å²) in [4.78, 5) is 10.2. The summed E-state index contributed by atoms with van der Waals surface area (Å²) in [7, 11) is -3.85. The standard InChI is InChI=1S/C12H17N3O4S/c1-9-3-2-4-11(15(16)17)12(9)20(18,19)14-6-5-10(7-13)8-14/h2-4,10H,5-8,13H2,1H3. The van der Waals surface area contributed by atoms with Crippen molar-refractivity contribution in [1.82, 2.24) is 4.31 Å². The predicted octanol–water partition coefficient (Wildman–Crippen LogP) is 0.873. The van der Waals surface area contributed by atoms with Crippen molar-refractivity contribution in [3.8, 4) is 0 Å². The van der Waals surface area contributed by atoms with Crippen molar-refractivity contribution in [2.75, 3.05) is 19.6 Å². The van der Waals surface area contributed by atoms with Crippen LogP contribution in [0.4, 0.5) is 5.69 Å². The van der Waals surface area contributed by atoms with E-state index in [9.17, 15) is 18.5 Å². The summed E-state index contributed by atoms with van der Waals surface area (Å²) in [6.45, 7) is 2.66. The molecule has 2 N–H and O–H groups in total. The zero-order valence-corrected chi connectivity index (χ0v) is 12.0. The molecule has 1 unspecified atom stereocenters. The van der Waals surface area contributed by atoms with Crippen LogP contribution < -0.4 is 5.73 Å². The monoisotopic (exact) mass is 299 g/mol. The first kappa shape index (κ1) is 14.9. The number of hydrogen-bond acceptors (Lipinski definition) is 5. The summed E-state index contributed by atoms with van der Waals surface area (Å²) >= 11 is 0. The van der Waals surface area contributed by atoms with E-state index in [1.807, 2.05) is 0 Å². The Morgan fingerprint density at radius 1 is 1.50 bits per heavy atom. The highest BCUT2D eigenvalue weighted by molar-refractivity contribution is 7.89. The van der Waals surface area contributed by atoms with Gasteiger partial charge in [-0.3, -0.25) is 10.1 Å². The summed E-state index contributed by atoms with van der Waals surface area (Å²) in [6.07, 6.45) is 0.690. The van der Waals surface area contributed by atoms with Crippen LogP contribution in [0.1, 0.15) is 12.0 Å². The van der Waals surface area contributed by atoms with Crippen molar-refractivity contribution >= 4 is 15.7 Å².